The van der Waals surface area contributed by atoms with E-state index < -0.39 is 10.0 Å². The molecule has 0 bridgehead atoms. The normalized spacial score (nSPS) is 11.2. The van der Waals surface area contributed by atoms with Gasteiger partial charge in [-0.1, -0.05) is 12.1 Å². The molecule has 1 aromatic carbocycles. The fraction of sp³-hybridized carbons (Fsp3) is 0.417. The maximum atomic E-state index is 12.1. The fourth-order valence-corrected chi connectivity index (χ4v) is 3.01. The molecule has 0 spiro atoms. The van der Waals surface area contributed by atoms with Crippen LogP contribution in [0.3, 0.4) is 0 Å². The number of nitrogens with one attached hydrogen (secondary N) is 2. The Morgan fingerprint density at radius 3 is 2.50 bits per heavy atom. The molecule has 0 fully saturated rings. The van der Waals surface area contributed by atoms with E-state index in [1.54, 1.807) is 33.2 Å². The van der Waals surface area contributed by atoms with Gasteiger partial charge in [-0.3, -0.25) is 0 Å². The van der Waals surface area contributed by atoms with Gasteiger partial charge in [-0.2, -0.15) is 0 Å². The van der Waals surface area contributed by atoms with Crippen LogP contribution in [0.2, 0.25) is 0 Å². The van der Waals surface area contributed by atoms with Crippen molar-refractivity contribution in [3.05, 3.63) is 23.8 Å². The summed E-state index contributed by atoms with van der Waals surface area (Å²) in [6, 6.07) is 4.63. The SMILES string of the molecule is Cc1cccc(N)c1S(=O)(=O)NCCNC(=O)N(C)C. The number of anilines is 1. The average molecular weight is 300 g/mol. The predicted molar refractivity (Wildman–Crippen MR) is 77.9 cm³/mol. The standard InChI is InChI=1S/C12H20N4O3S/c1-9-5-4-6-10(13)11(9)20(18,19)15-8-7-14-12(17)16(2)3/h4-6,15H,7-8,13H2,1-3H3,(H,14,17). The second-order valence-corrected chi connectivity index (χ2v) is 6.22. The van der Waals surface area contributed by atoms with Crippen molar-refractivity contribution in [3.63, 3.8) is 0 Å². The third-order valence-corrected chi connectivity index (χ3v) is 4.29. The maximum absolute atomic E-state index is 12.1. The summed E-state index contributed by atoms with van der Waals surface area (Å²) < 4.78 is 26.7. The van der Waals surface area contributed by atoms with E-state index >= 15 is 0 Å². The highest BCUT2D eigenvalue weighted by atomic mass is 32.2. The third-order valence-electron chi connectivity index (χ3n) is 2.61. The number of hydrogen-bond donors (Lipinski definition) is 3. The van der Waals surface area contributed by atoms with Crippen LogP contribution in [0.5, 0.6) is 0 Å². The van der Waals surface area contributed by atoms with Crippen molar-refractivity contribution < 1.29 is 13.2 Å². The van der Waals surface area contributed by atoms with Gasteiger partial charge in [0, 0.05) is 27.2 Å². The Kier molecular flexibility index (Phi) is 5.34. The van der Waals surface area contributed by atoms with Crippen molar-refractivity contribution >= 4 is 21.7 Å². The van der Waals surface area contributed by atoms with Crippen LogP contribution in [0.4, 0.5) is 10.5 Å². The third kappa shape index (κ3) is 4.10. The molecular formula is C12H20N4O3S. The highest BCUT2D eigenvalue weighted by Crippen LogP contribution is 2.21. The summed E-state index contributed by atoms with van der Waals surface area (Å²) in [5.41, 5.74) is 6.49. The smallest absolute Gasteiger partial charge is 0.316 e. The van der Waals surface area contributed by atoms with Crippen LogP contribution < -0.4 is 15.8 Å². The predicted octanol–water partition coefficient (Wildman–Crippen LogP) is 0.127. The van der Waals surface area contributed by atoms with Crippen LogP contribution in [-0.2, 0) is 10.0 Å². The number of amides is 2. The molecule has 8 heteroatoms. The second-order valence-electron chi connectivity index (χ2n) is 4.52. The van der Waals surface area contributed by atoms with Crippen molar-refractivity contribution in [3.8, 4) is 0 Å². The number of hydrogen-bond acceptors (Lipinski definition) is 4. The number of nitrogen functional groups attached to an aromatic ring is 1. The van der Waals surface area contributed by atoms with Crippen LogP contribution in [-0.4, -0.2) is 46.5 Å². The van der Waals surface area contributed by atoms with E-state index in [1.165, 1.54) is 11.0 Å². The van der Waals surface area contributed by atoms with E-state index in [4.69, 9.17) is 5.73 Å². The summed E-state index contributed by atoms with van der Waals surface area (Å²) in [5.74, 6) is 0. The molecule has 112 valence electrons. The number of nitrogens with two attached hydrogens (primary N) is 1. The Bertz CT molecular complexity index is 564. The molecule has 0 unspecified atom stereocenters. The van der Waals surface area contributed by atoms with E-state index in [0.717, 1.165) is 0 Å². The van der Waals surface area contributed by atoms with Crippen molar-refractivity contribution in [2.45, 2.75) is 11.8 Å². The van der Waals surface area contributed by atoms with Gasteiger partial charge >= 0.3 is 6.03 Å². The minimum Gasteiger partial charge on any atom is -0.398 e. The molecule has 0 atom stereocenters. The zero-order valence-electron chi connectivity index (χ0n) is 11.8. The average Bonchev–Trinajstić information content (AvgIpc) is 2.33. The van der Waals surface area contributed by atoms with Crippen molar-refractivity contribution in [1.82, 2.24) is 14.9 Å². The molecule has 2 amide bonds. The Morgan fingerprint density at radius 2 is 1.95 bits per heavy atom. The number of carbonyl (C=O) groups excluding carboxylic acids is 1. The van der Waals surface area contributed by atoms with Crippen molar-refractivity contribution in [1.29, 1.82) is 0 Å². The monoisotopic (exact) mass is 300 g/mol. The molecule has 0 aliphatic heterocycles. The number of urea groups is 1. The lowest BCUT2D eigenvalue weighted by Crippen LogP contribution is -2.39. The van der Waals surface area contributed by atoms with Gasteiger partial charge in [0.2, 0.25) is 10.0 Å². The van der Waals surface area contributed by atoms with E-state index in [9.17, 15) is 13.2 Å². The number of benzene rings is 1. The fourth-order valence-electron chi connectivity index (χ4n) is 1.63. The zero-order chi connectivity index (χ0) is 15.3. The molecule has 1 aromatic rings. The van der Waals surface area contributed by atoms with Gasteiger partial charge in [-0.05, 0) is 18.6 Å². The molecule has 20 heavy (non-hydrogen) atoms. The van der Waals surface area contributed by atoms with Crippen LogP contribution >= 0.6 is 0 Å². The summed E-state index contributed by atoms with van der Waals surface area (Å²) in [7, 11) is -0.470. The van der Waals surface area contributed by atoms with Gasteiger partial charge in [0.1, 0.15) is 4.90 Å². The number of carbonyl (C=O) groups is 1. The molecule has 0 saturated heterocycles. The molecule has 0 aromatic heterocycles. The summed E-state index contributed by atoms with van der Waals surface area (Å²) in [6.45, 7) is 1.97. The molecule has 0 radical (unpaired) electrons. The second kappa shape index (κ2) is 6.58. The van der Waals surface area contributed by atoms with Crippen molar-refractivity contribution in [2.75, 3.05) is 32.9 Å². The zero-order valence-corrected chi connectivity index (χ0v) is 12.6. The first kappa shape index (κ1) is 16.3. The highest BCUT2D eigenvalue weighted by Gasteiger charge is 2.19. The first-order valence-electron chi connectivity index (χ1n) is 6.05. The molecular weight excluding hydrogens is 280 g/mol. The van der Waals surface area contributed by atoms with E-state index in [2.05, 4.69) is 10.0 Å². The molecule has 0 aliphatic rings. The molecule has 7 nitrogen and oxygen atoms in total. The number of aryl methyl sites for hydroxylation is 1. The Hall–Kier alpha value is -1.80. The van der Waals surface area contributed by atoms with Crippen molar-refractivity contribution in [2.24, 2.45) is 0 Å². The Balaban J connectivity index is 2.65. The molecule has 0 heterocycles. The molecule has 0 aliphatic carbocycles. The lowest BCUT2D eigenvalue weighted by molar-refractivity contribution is 0.217. The molecule has 4 N–H and O–H groups in total. The highest BCUT2D eigenvalue weighted by molar-refractivity contribution is 7.89. The van der Waals surface area contributed by atoms with Gasteiger partial charge < -0.3 is 16.0 Å². The number of sulfonamides is 1. The first-order valence-corrected chi connectivity index (χ1v) is 7.54. The minimum absolute atomic E-state index is 0.0823. The summed E-state index contributed by atoms with van der Waals surface area (Å²) >= 11 is 0. The maximum Gasteiger partial charge on any atom is 0.316 e. The van der Waals surface area contributed by atoms with E-state index in [1.807, 2.05) is 0 Å². The molecule has 0 saturated carbocycles. The lowest BCUT2D eigenvalue weighted by atomic mass is 10.2. The van der Waals surface area contributed by atoms with Gasteiger partial charge in [0.15, 0.2) is 0 Å². The molecule has 1 rings (SSSR count). The Labute approximate surface area is 119 Å². The van der Waals surface area contributed by atoms with Gasteiger partial charge in [0.05, 0.1) is 5.69 Å². The number of nitrogens with zero attached hydrogens (tertiary/aromatic N) is 1. The number of rotatable bonds is 5. The summed E-state index contributed by atoms with van der Waals surface area (Å²) in [5, 5.41) is 2.56. The largest absolute Gasteiger partial charge is 0.398 e. The van der Waals surface area contributed by atoms with Gasteiger partial charge in [0.25, 0.3) is 0 Å². The van der Waals surface area contributed by atoms with Gasteiger partial charge in [-0.25, -0.2) is 17.9 Å². The summed E-state index contributed by atoms with van der Waals surface area (Å²) in [4.78, 5) is 12.7. The van der Waals surface area contributed by atoms with Crippen LogP contribution in [0.15, 0.2) is 23.1 Å². The quantitative estimate of drug-likeness (QED) is 0.531. The summed E-state index contributed by atoms with van der Waals surface area (Å²) in [6.07, 6.45) is 0. The van der Waals surface area contributed by atoms with E-state index in [-0.39, 0.29) is 29.7 Å². The van der Waals surface area contributed by atoms with Crippen LogP contribution in [0, 0.1) is 6.92 Å². The van der Waals surface area contributed by atoms with E-state index in [0.29, 0.717) is 5.56 Å². The lowest BCUT2D eigenvalue weighted by Gasteiger charge is -2.14. The topological polar surface area (TPSA) is 105 Å². The minimum atomic E-state index is -3.68. The van der Waals surface area contributed by atoms with Gasteiger partial charge in [-0.15, -0.1) is 0 Å². The first-order chi connectivity index (χ1) is 9.25. The Morgan fingerprint density at radius 1 is 1.30 bits per heavy atom. The van der Waals surface area contributed by atoms with Crippen LogP contribution in [0.1, 0.15) is 5.56 Å². The van der Waals surface area contributed by atoms with Crippen LogP contribution in [0.25, 0.3) is 0 Å².